The minimum absolute atomic E-state index is 0.0392. The second kappa shape index (κ2) is 12.1. The Labute approximate surface area is 225 Å². The molecule has 0 spiro atoms. The van der Waals surface area contributed by atoms with Crippen LogP contribution in [0, 0.1) is 12.8 Å². The van der Waals surface area contributed by atoms with Gasteiger partial charge in [-0.25, -0.2) is 5.01 Å². The Bertz CT molecular complexity index is 1140. The average Bonchev–Trinajstić information content (AvgIpc) is 3.36. The summed E-state index contributed by atoms with van der Waals surface area (Å²) in [5, 5.41) is 6.44. The quantitative estimate of drug-likeness (QED) is 0.507. The minimum atomic E-state index is -0.208. The standard InChI is InChI=1S/C30H38N4O4/c1-22-6-8-24(9-7-22)28-20-27(23-10-12-26(37-2)13-11-23)31-34(28)29(35)21-33(30(36)25-4-3-5-25)15-14-32-16-18-38-19-17-32/h6-13,25,28H,3-5,14-21H2,1-2H3/t28-/m1/s1. The molecular weight excluding hydrogens is 480 g/mol. The van der Waals surface area contributed by atoms with Crippen LogP contribution in [-0.2, 0) is 14.3 Å². The molecule has 2 amide bonds. The number of carbonyl (C=O) groups excluding carboxylic acids is 2. The lowest BCUT2D eigenvalue weighted by Crippen LogP contribution is -2.49. The van der Waals surface area contributed by atoms with Crippen LogP contribution >= 0.6 is 0 Å². The van der Waals surface area contributed by atoms with Crippen LogP contribution < -0.4 is 4.74 Å². The number of hydrogen-bond acceptors (Lipinski definition) is 6. The molecule has 8 nitrogen and oxygen atoms in total. The molecule has 0 radical (unpaired) electrons. The van der Waals surface area contributed by atoms with Gasteiger partial charge in [-0.1, -0.05) is 36.2 Å². The van der Waals surface area contributed by atoms with Crippen molar-refractivity contribution in [3.63, 3.8) is 0 Å². The molecular formula is C30H38N4O4. The maximum absolute atomic E-state index is 13.8. The van der Waals surface area contributed by atoms with Crippen LogP contribution in [0.3, 0.4) is 0 Å². The van der Waals surface area contributed by atoms with Crippen LogP contribution in [0.1, 0.15) is 48.4 Å². The summed E-state index contributed by atoms with van der Waals surface area (Å²) in [6.45, 7) is 6.53. The molecule has 38 heavy (non-hydrogen) atoms. The molecule has 2 heterocycles. The van der Waals surface area contributed by atoms with Crippen LogP contribution in [0.4, 0.5) is 0 Å². The van der Waals surface area contributed by atoms with E-state index in [-0.39, 0.29) is 30.3 Å². The maximum Gasteiger partial charge on any atom is 0.262 e. The highest BCUT2D eigenvalue weighted by atomic mass is 16.5. The van der Waals surface area contributed by atoms with E-state index < -0.39 is 0 Å². The molecule has 1 aliphatic carbocycles. The van der Waals surface area contributed by atoms with E-state index in [9.17, 15) is 9.59 Å². The molecule has 5 rings (SSSR count). The normalized spacial score (nSPS) is 20.1. The van der Waals surface area contributed by atoms with Gasteiger partial charge < -0.3 is 14.4 Å². The van der Waals surface area contributed by atoms with Crippen LogP contribution in [0.15, 0.2) is 53.6 Å². The summed E-state index contributed by atoms with van der Waals surface area (Å²) in [5.74, 6) is 0.773. The first-order chi connectivity index (χ1) is 18.5. The van der Waals surface area contributed by atoms with Gasteiger partial charge in [0.1, 0.15) is 12.3 Å². The van der Waals surface area contributed by atoms with Gasteiger partial charge in [0.05, 0.1) is 32.1 Å². The zero-order valence-corrected chi connectivity index (χ0v) is 22.5. The van der Waals surface area contributed by atoms with Gasteiger partial charge in [-0.2, -0.15) is 5.10 Å². The zero-order chi connectivity index (χ0) is 26.5. The number of carbonyl (C=O) groups is 2. The number of ether oxygens (including phenoxy) is 2. The number of rotatable bonds is 9. The van der Waals surface area contributed by atoms with Crippen LogP contribution in [0.5, 0.6) is 5.75 Å². The largest absolute Gasteiger partial charge is 0.497 e. The van der Waals surface area contributed by atoms with Gasteiger partial charge in [-0.05, 0) is 55.2 Å². The number of hydrogen-bond donors (Lipinski definition) is 0. The van der Waals surface area contributed by atoms with E-state index in [1.165, 1.54) is 5.56 Å². The van der Waals surface area contributed by atoms with Crippen molar-refractivity contribution < 1.29 is 19.1 Å². The van der Waals surface area contributed by atoms with Crippen molar-refractivity contribution in [3.05, 3.63) is 65.2 Å². The monoisotopic (exact) mass is 518 g/mol. The van der Waals surface area contributed by atoms with Gasteiger partial charge in [-0.3, -0.25) is 14.5 Å². The van der Waals surface area contributed by atoms with Crippen molar-refractivity contribution in [1.29, 1.82) is 0 Å². The lowest BCUT2D eigenvalue weighted by atomic mass is 9.84. The number of aryl methyl sites for hydroxylation is 1. The van der Waals surface area contributed by atoms with E-state index in [0.717, 1.165) is 61.5 Å². The number of methoxy groups -OCH3 is 1. The molecule has 0 bridgehead atoms. The number of morpholine rings is 1. The molecule has 202 valence electrons. The first-order valence-electron chi connectivity index (χ1n) is 13.7. The smallest absolute Gasteiger partial charge is 0.262 e. The van der Waals surface area contributed by atoms with Crippen molar-refractivity contribution in [1.82, 2.24) is 14.8 Å². The van der Waals surface area contributed by atoms with Crippen LogP contribution in [0.2, 0.25) is 0 Å². The molecule has 0 aromatic heterocycles. The summed E-state index contributed by atoms with van der Waals surface area (Å²) >= 11 is 0. The van der Waals surface area contributed by atoms with Gasteiger partial charge >= 0.3 is 0 Å². The Kier molecular flexibility index (Phi) is 8.39. The van der Waals surface area contributed by atoms with E-state index in [2.05, 4.69) is 36.1 Å². The fourth-order valence-corrected chi connectivity index (χ4v) is 5.25. The third kappa shape index (κ3) is 6.08. The van der Waals surface area contributed by atoms with Gasteiger partial charge in [0, 0.05) is 38.5 Å². The first kappa shape index (κ1) is 26.4. The Hall–Kier alpha value is -3.23. The number of benzene rings is 2. The lowest BCUT2D eigenvalue weighted by Gasteiger charge is -2.34. The maximum atomic E-state index is 13.8. The molecule has 8 heteroatoms. The molecule has 1 saturated heterocycles. The number of nitrogens with zero attached hydrogens (tertiary/aromatic N) is 4. The van der Waals surface area contributed by atoms with Crippen LogP contribution in [0.25, 0.3) is 0 Å². The van der Waals surface area contributed by atoms with Gasteiger partial charge in [0.25, 0.3) is 5.91 Å². The Balaban J connectivity index is 1.36. The van der Waals surface area contributed by atoms with Crippen molar-refractivity contribution in [2.24, 2.45) is 11.0 Å². The molecule has 1 saturated carbocycles. The molecule has 2 aromatic rings. The fourth-order valence-electron chi connectivity index (χ4n) is 5.25. The minimum Gasteiger partial charge on any atom is -0.497 e. The third-order valence-electron chi connectivity index (χ3n) is 7.93. The van der Waals surface area contributed by atoms with Crippen molar-refractivity contribution >= 4 is 17.5 Å². The average molecular weight is 519 g/mol. The van der Waals surface area contributed by atoms with E-state index in [1.54, 1.807) is 17.0 Å². The number of hydrazone groups is 1. The van der Waals surface area contributed by atoms with Gasteiger partial charge in [-0.15, -0.1) is 0 Å². The molecule has 3 aliphatic rings. The van der Waals surface area contributed by atoms with Crippen molar-refractivity contribution in [2.45, 2.75) is 38.6 Å². The molecule has 2 aromatic carbocycles. The molecule has 1 atom stereocenters. The summed E-state index contributed by atoms with van der Waals surface area (Å²) in [6, 6.07) is 15.8. The van der Waals surface area contributed by atoms with E-state index in [0.29, 0.717) is 26.2 Å². The molecule has 0 N–H and O–H groups in total. The highest BCUT2D eigenvalue weighted by Gasteiger charge is 2.36. The summed E-state index contributed by atoms with van der Waals surface area (Å²) in [7, 11) is 1.64. The van der Waals surface area contributed by atoms with Crippen molar-refractivity contribution in [2.75, 3.05) is 53.0 Å². The Morgan fingerprint density at radius 2 is 1.76 bits per heavy atom. The second-order valence-electron chi connectivity index (χ2n) is 10.5. The van der Waals surface area contributed by atoms with E-state index in [4.69, 9.17) is 14.6 Å². The Morgan fingerprint density at radius 1 is 1.05 bits per heavy atom. The first-order valence-corrected chi connectivity index (χ1v) is 13.7. The summed E-state index contributed by atoms with van der Waals surface area (Å²) in [5.41, 5.74) is 4.03. The van der Waals surface area contributed by atoms with Gasteiger partial charge in [0.15, 0.2) is 0 Å². The predicted octanol–water partition coefficient (Wildman–Crippen LogP) is 3.64. The summed E-state index contributed by atoms with van der Waals surface area (Å²) in [4.78, 5) is 31.3. The zero-order valence-electron chi connectivity index (χ0n) is 22.5. The third-order valence-corrected chi connectivity index (χ3v) is 7.93. The highest BCUT2D eigenvalue weighted by Crippen LogP contribution is 2.34. The molecule has 2 fully saturated rings. The van der Waals surface area contributed by atoms with Crippen molar-refractivity contribution in [3.8, 4) is 5.75 Å². The van der Waals surface area contributed by atoms with E-state index in [1.807, 2.05) is 24.3 Å². The summed E-state index contributed by atoms with van der Waals surface area (Å²) in [6.07, 6.45) is 3.53. The SMILES string of the molecule is COc1ccc(C2=NN(C(=O)CN(CCN3CCOCC3)C(=O)C3CCC3)[C@@H](c3ccc(C)cc3)C2)cc1. The second-order valence-corrected chi connectivity index (χ2v) is 10.5. The van der Waals surface area contributed by atoms with Crippen LogP contribution in [-0.4, -0.2) is 85.4 Å². The highest BCUT2D eigenvalue weighted by molar-refractivity contribution is 6.03. The predicted molar refractivity (Wildman–Crippen MR) is 146 cm³/mol. The summed E-state index contributed by atoms with van der Waals surface area (Å²) < 4.78 is 10.8. The Morgan fingerprint density at radius 3 is 2.39 bits per heavy atom. The molecule has 2 aliphatic heterocycles. The fraction of sp³-hybridized carbons (Fsp3) is 0.500. The lowest BCUT2D eigenvalue weighted by molar-refractivity contribution is -0.145. The van der Waals surface area contributed by atoms with E-state index >= 15 is 0 Å². The van der Waals surface area contributed by atoms with Gasteiger partial charge in [0.2, 0.25) is 5.91 Å². The topological polar surface area (TPSA) is 74.7 Å². The molecule has 0 unspecified atom stereocenters. The number of amides is 2.